The quantitative estimate of drug-likeness (QED) is 0.640. The molecule has 0 spiro atoms. The van der Waals surface area contributed by atoms with Gasteiger partial charge < -0.3 is 0 Å². The van der Waals surface area contributed by atoms with Crippen molar-refractivity contribution in [2.24, 2.45) is 0 Å². The van der Waals surface area contributed by atoms with Crippen molar-refractivity contribution < 1.29 is 4.39 Å². The van der Waals surface area contributed by atoms with Gasteiger partial charge in [-0.05, 0) is 35.7 Å². The molecule has 0 atom stereocenters. The van der Waals surface area contributed by atoms with Crippen molar-refractivity contribution in [3.05, 3.63) is 70.5 Å². The summed E-state index contributed by atoms with van der Waals surface area (Å²) in [6.45, 7) is 0. The first-order valence-electron chi connectivity index (χ1n) is 6.23. The first-order valence-corrected chi connectivity index (χ1v) is 7.67. The van der Waals surface area contributed by atoms with E-state index in [9.17, 15) is 4.39 Å². The van der Waals surface area contributed by atoms with E-state index >= 15 is 0 Å². The van der Waals surface area contributed by atoms with Gasteiger partial charge in [0, 0.05) is 22.2 Å². The zero-order valence-electron chi connectivity index (χ0n) is 10.8. The van der Waals surface area contributed by atoms with Gasteiger partial charge in [0.2, 0.25) is 0 Å². The van der Waals surface area contributed by atoms with Crippen molar-refractivity contribution in [3.8, 4) is 0 Å². The largest absolute Gasteiger partial charge is 0.207 e. The second kappa shape index (κ2) is 6.80. The van der Waals surface area contributed by atoms with Crippen LogP contribution in [0.25, 0.3) is 0 Å². The summed E-state index contributed by atoms with van der Waals surface area (Å²) in [5, 5.41) is 0.630. The maximum atomic E-state index is 13.3. The summed E-state index contributed by atoms with van der Waals surface area (Å²) in [4.78, 5) is 0. The van der Waals surface area contributed by atoms with Gasteiger partial charge in [-0.25, -0.2) is 4.39 Å². The monoisotopic (exact) mass is 330 g/mol. The van der Waals surface area contributed by atoms with E-state index in [1.165, 1.54) is 12.1 Å². The summed E-state index contributed by atoms with van der Waals surface area (Å²) in [6.07, 6.45) is 0.543. The van der Waals surface area contributed by atoms with E-state index in [0.717, 1.165) is 11.1 Å². The molecule has 2 aromatic rings. The molecule has 0 radical (unpaired) electrons. The summed E-state index contributed by atoms with van der Waals surface area (Å²) in [5.74, 6) is 0.368. The molecule has 0 unspecified atom stereocenters. The van der Waals surface area contributed by atoms with E-state index in [2.05, 4.69) is 0 Å². The minimum Gasteiger partial charge on any atom is -0.207 e. The van der Waals surface area contributed by atoms with E-state index in [1.54, 1.807) is 6.07 Å². The van der Waals surface area contributed by atoms with Gasteiger partial charge in [-0.2, -0.15) is 0 Å². The standard InChI is InChI=1S/C16H14Cl3F/c17-10-16(11-18,14-6-1-2-7-15(14)19)9-12-4-3-5-13(20)8-12/h1-8H,9-11H2. The topological polar surface area (TPSA) is 0 Å². The Kier molecular flexibility index (Phi) is 5.31. The highest BCUT2D eigenvalue weighted by atomic mass is 35.5. The van der Waals surface area contributed by atoms with Crippen molar-refractivity contribution in [1.29, 1.82) is 0 Å². The molecule has 0 aliphatic heterocycles. The fourth-order valence-electron chi connectivity index (χ4n) is 2.30. The Hall–Kier alpha value is -0.760. The Morgan fingerprint density at radius 3 is 2.25 bits per heavy atom. The lowest BCUT2D eigenvalue weighted by molar-refractivity contribution is 0.533. The van der Waals surface area contributed by atoms with E-state index in [4.69, 9.17) is 34.8 Å². The predicted molar refractivity (Wildman–Crippen MR) is 84.7 cm³/mol. The Balaban J connectivity index is 2.42. The highest BCUT2D eigenvalue weighted by Gasteiger charge is 2.32. The maximum Gasteiger partial charge on any atom is 0.123 e. The molecule has 0 amide bonds. The van der Waals surface area contributed by atoms with Crippen LogP contribution in [-0.2, 0) is 11.8 Å². The first kappa shape index (κ1) is 15.6. The summed E-state index contributed by atoms with van der Waals surface area (Å²) >= 11 is 18.6. The van der Waals surface area contributed by atoms with Gasteiger partial charge in [0.15, 0.2) is 0 Å². The Morgan fingerprint density at radius 1 is 0.950 bits per heavy atom. The smallest absolute Gasteiger partial charge is 0.123 e. The zero-order valence-corrected chi connectivity index (χ0v) is 13.0. The summed E-state index contributed by atoms with van der Waals surface area (Å²) in [6, 6.07) is 14.0. The van der Waals surface area contributed by atoms with Crippen molar-refractivity contribution in [2.75, 3.05) is 11.8 Å². The second-order valence-electron chi connectivity index (χ2n) is 4.83. The van der Waals surface area contributed by atoms with E-state index in [-0.39, 0.29) is 5.82 Å². The number of alkyl halides is 2. The third-order valence-electron chi connectivity index (χ3n) is 3.39. The number of rotatable bonds is 5. The molecule has 2 aromatic carbocycles. The number of hydrogen-bond acceptors (Lipinski definition) is 0. The van der Waals surface area contributed by atoms with Crippen LogP contribution in [0.5, 0.6) is 0 Å². The van der Waals surface area contributed by atoms with Crippen LogP contribution in [-0.4, -0.2) is 11.8 Å². The van der Waals surface area contributed by atoms with Gasteiger partial charge in [-0.3, -0.25) is 0 Å². The van der Waals surface area contributed by atoms with E-state index in [1.807, 2.05) is 30.3 Å². The summed E-state index contributed by atoms with van der Waals surface area (Å²) < 4.78 is 13.3. The molecule has 0 saturated heterocycles. The predicted octanol–water partition coefficient (Wildman–Crippen LogP) is 5.44. The molecular formula is C16H14Cl3F. The summed E-state index contributed by atoms with van der Waals surface area (Å²) in [5.41, 5.74) is 1.25. The van der Waals surface area contributed by atoms with Crippen LogP contribution >= 0.6 is 34.8 Å². The van der Waals surface area contributed by atoms with Crippen LogP contribution in [0.4, 0.5) is 4.39 Å². The average molecular weight is 332 g/mol. The van der Waals surface area contributed by atoms with Crippen LogP contribution < -0.4 is 0 Å². The molecule has 0 fully saturated rings. The fourth-order valence-corrected chi connectivity index (χ4v) is 3.40. The molecule has 0 N–H and O–H groups in total. The lowest BCUT2D eigenvalue weighted by atomic mass is 9.78. The van der Waals surface area contributed by atoms with Crippen molar-refractivity contribution in [1.82, 2.24) is 0 Å². The molecule has 0 nitrogen and oxygen atoms in total. The molecular weight excluding hydrogens is 318 g/mol. The van der Waals surface area contributed by atoms with Crippen LogP contribution in [0.2, 0.25) is 5.02 Å². The molecule has 106 valence electrons. The molecule has 2 rings (SSSR count). The molecule has 4 heteroatoms. The van der Waals surface area contributed by atoms with Crippen LogP contribution in [0, 0.1) is 5.82 Å². The average Bonchev–Trinajstić information content (AvgIpc) is 2.46. The van der Waals surface area contributed by atoms with Gasteiger partial charge in [0.1, 0.15) is 5.82 Å². The lowest BCUT2D eigenvalue weighted by Gasteiger charge is -2.31. The zero-order chi connectivity index (χ0) is 14.6. The second-order valence-corrected chi connectivity index (χ2v) is 5.78. The van der Waals surface area contributed by atoms with Crippen LogP contribution in [0.1, 0.15) is 11.1 Å². The highest BCUT2D eigenvalue weighted by molar-refractivity contribution is 6.32. The lowest BCUT2D eigenvalue weighted by Crippen LogP contribution is -2.33. The normalized spacial score (nSPS) is 11.6. The van der Waals surface area contributed by atoms with Gasteiger partial charge in [0.25, 0.3) is 0 Å². The van der Waals surface area contributed by atoms with Gasteiger partial charge in [0.05, 0.1) is 0 Å². The number of hydrogen-bond donors (Lipinski definition) is 0. The Bertz CT molecular complexity index is 579. The van der Waals surface area contributed by atoms with Crippen molar-refractivity contribution in [2.45, 2.75) is 11.8 Å². The first-order chi connectivity index (χ1) is 9.61. The van der Waals surface area contributed by atoms with Crippen molar-refractivity contribution >= 4 is 34.8 Å². The Labute approximate surface area is 133 Å². The van der Waals surface area contributed by atoms with E-state index < -0.39 is 5.41 Å². The SMILES string of the molecule is Fc1cccc(CC(CCl)(CCl)c2ccccc2Cl)c1. The molecule has 0 saturated carbocycles. The molecule has 0 aliphatic rings. The third kappa shape index (κ3) is 3.28. The molecule has 0 aromatic heterocycles. The van der Waals surface area contributed by atoms with Crippen LogP contribution in [0.3, 0.4) is 0 Å². The molecule has 20 heavy (non-hydrogen) atoms. The van der Waals surface area contributed by atoms with Crippen molar-refractivity contribution in [3.63, 3.8) is 0 Å². The Morgan fingerprint density at radius 2 is 1.65 bits per heavy atom. The van der Waals surface area contributed by atoms with E-state index in [0.29, 0.717) is 23.2 Å². The maximum absolute atomic E-state index is 13.3. The van der Waals surface area contributed by atoms with Crippen LogP contribution in [0.15, 0.2) is 48.5 Å². The summed E-state index contributed by atoms with van der Waals surface area (Å²) in [7, 11) is 0. The fraction of sp³-hybridized carbons (Fsp3) is 0.250. The molecule has 0 aliphatic carbocycles. The minimum atomic E-state index is -0.505. The minimum absolute atomic E-state index is 0.264. The van der Waals surface area contributed by atoms with Gasteiger partial charge in [-0.15, -0.1) is 23.2 Å². The van der Waals surface area contributed by atoms with Gasteiger partial charge >= 0.3 is 0 Å². The molecule has 0 heterocycles. The highest BCUT2D eigenvalue weighted by Crippen LogP contribution is 2.36. The number of benzene rings is 2. The van der Waals surface area contributed by atoms with Gasteiger partial charge in [-0.1, -0.05) is 41.9 Å². The third-order valence-corrected chi connectivity index (χ3v) is 4.74. The number of halogens is 4. The molecule has 0 bridgehead atoms.